The maximum Gasteiger partial charge on any atom is 0.129 e. The second-order valence-corrected chi connectivity index (χ2v) is 4.84. The molecule has 0 aliphatic heterocycles. The van der Waals surface area contributed by atoms with Gasteiger partial charge in [-0.1, -0.05) is 12.1 Å². The second-order valence-electron chi connectivity index (χ2n) is 3.78. The quantitative estimate of drug-likeness (QED) is 0.902. The molecule has 1 atom stereocenters. The molecule has 90 valence electrons. The van der Waals surface area contributed by atoms with Gasteiger partial charge in [-0.2, -0.15) is 0 Å². The van der Waals surface area contributed by atoms with E-state index >= 15 is 0 Å². The Hall–Kier alpha value is -1.39. The van der Waals surface area contributed by atoms with Crippen molar-refractivity contribution in [3.63, 3.8) is 0 Å². The standard InChI is InChI=1S/C13H16N2OS/c1-9(14-2)12-8-15-13(17-12)10-6-4-5-7-11(10)16-3/h4-9,14H,1-3H3. The molecule has 0 saturated carbocycles. The maximum atomic E-state index is 5.35. The molecule has 1 unspecified atom stereocenters. The molecule has 0 fully saturated rings. The summed E-state index contributed by atoms with van der Waals surface area (Å²) >= 11 is 1.69. The number of aromatic nitrogens is 1. The van der Waals surface area contributed by atoms with E-state index in [2.05, 4.69) is 17.2 Å². The number of thiazole rings is 1. The van der Waals surface area contributed by atoms with Crippen molar-refractivity contribution >= 4 is 11.3 Å². The lowest BCUT2D eigenvalue weighted by atomic mass is 10.2. The van der Waals surface area contributed by atoms with Gasteiger partial charge in [-0.05, 0) is 26.1 Å². The van der Waals surface area contributed by atoms with Crippen molar-refractivity contribution < 1.29 is 4.74 Å². The minimum Gasteiger partial charge on any atom is -0.496 e. The molecule has 1 aromatic carbocycles. The van der Waals surface area contributed by atoms with Gasteiger partial charge in [0.05, 0.1) is 12.7 Å². The van der Waals surface area contributed by atoms with Gasteiger partial charge in [0.2, 0.25) is 0 Å². The van der Waals surface area contributed by atoms with Crippen LogP contribution in [0.25, 0.3) is 10.6 Å². The normalized spacial score (nSPS) is 12.4. The third-order valence-corrected chi connectivity index (χ3v) is 3.93. The van der Waals surface area contributed by atoms with E-state index in [1.54, 1.807) is 18.4 Å². The zero-order chi connectivity index (χ0) is 12.3. The van der Waals surface area contributed by atoms with Crippen molar-refractivity contribution in [3.8, 4) is 16.3 Å². The third kappa shape index (κ3) is 2.48. The van der Waals surface area contributed by atoms with Crippen LogP contribution in [0.15, 0.2) is 30.5 Å². The fourth-order valence-electron chi connectivity index (χ4n) is 1.57. The Morgan fingerprint density at radius 1 is 1.35 bits per heavy atom. The minimum absolute atomic E-state index is 0.330. The summed E-state index contributed by atoms with van der Waals surface area (Å²) in [5.74, 6) is 0.866. The average molecular weight is 248 g/mol. The molecule has 0 radical (unpaired) electrons. The van der Waals surface area contributed by atoms with Gasteiger partial charge in [0.15, 0.2) is 0 Å². The summed E-state index contributed by atoms with van der Waals surface area (Å²) in [5.41, 5.74) is 1.05. The Bertz CT molecular complexity index is 496. The van der Waals surface area contributed by atoms with E-state index in [9.17, 15) is 0 Å². The van der Waals surface area contributed by atoms with Gasteiger partial charge in [0, 0.05) is 17.1 Å². The lowest BCUT2D eigenvalue weighted by molar-refractivity contribution is 0.416. The highest BCUT2D eigenvalue weighted by atomic mass is 32.1. The van der Waals surface area contributed by atoms with Crippen molar-refractivity contribution in [1.82, 2.24) is 10.3 Å². The summed E-state index contributed by atoms with van der Waals surface area (Å²) in [6, 6.07) is 8.28. The van der Waals surface area contributed by atoms with Gasteiger partial charge in [0.1, 0.15) is 10.8 Å². The van der Waals surface area contributed by atoms with Crippen molar-refractivity contribution in [2.24, 2.45) is 0 Å². The molecule has 2 aromatic rings. The summed E-state index contributed by atoms with van der Waals surface area (Å²) in [4.78, 5) is 5.69. The summed E-state index contributed by atoms with van der Waals surface area (Å²) < 4.78 is 5.35. The molecular weight excluding hydrogens is 232 g/mol. The van der Waals surface area contributed by atoms with Crippen molar-refractivity contribution in [1.29, 1.82) is 0 Å². The van der Waals surface area contributed by atoms with Gasteiger partial charge in [-0.25, -0.2) is 4.98 Å². The first-order chi connectivity index (χ1) is 8.26. The summed E-state index contributed by atoms with van der Waals surface area (Å²) in [6.07, 6.45) is 1.92. The van der Waals surface area contributed by atoms with Crippen molar-refractivity contribution in [3.05, 3.63) is 35.3 Å². The van der Waals surface area contributed by atoms with Crippen LogP contribution in [0.4, 0.5) is 0 Å². The SMILES string of the molecule is CNC(C)c1cnc(-c2ccccc2OC)s1. The van der Waals surface area contributed by atoms with Crippen LogP contribution in [0.1, 0.15) is 17.8 Å². The Kier molecular flexibility index (Phi) is 3.76. The average Bonchev–Trinajstić information content (AvgIpc) is 2.87. The second kappa shape index (κ2) is 5.29. The van der Waals surface area contributed by atoms with E-state index in [1.165, 1.54) is 4.88 Å². The molecule has 0 amide bonds. The Morgan fingerprint density at radius 3 is 2.82 bits per heavy atom. The van der Waals surface area contributed by atoms with Gasteiger partial charge >= 0.3 is 0 Å². The molecule has 0 spiro atoms. The Balaban J connectivity index is 2.37. The number of ether oxygens (including phenoxy) is 1. The molecule has 0 bridgehead atoms. The number of nitrogens with one attached hydrogen (secondary N) is 1. The topological polar surface area (TPSA) is 34.2 Å². The van der Waals surface area contributed by atoms with Gasteiger partial charge in [-0.15, -0.1) is 11.3 Å². The van der Waals surface area contributed by atoms with Crippen LogP contribution in [0.5, 0.6) is 5.75 Å². The van der Waals surface area contributed by atoms with Crippen molar-refractivity contribution in [2.75, 3.05) is 14.2 Å². The third-order valence-electron chi connectivity index (χ3n) is 2.72. The number of rotatable bonds is 4. The summed E-state index contributed by atoms with van der Waals surface area (Å²) in [5, 5.41) is 4.21. The molecular formula is C13H16N2OS. The molecule has 0 aliphatic rings. The number of benzene rings is 1. The van der Waals surface area contributed by atoms with E-state index in [-0.39, 0.29) is 0 Å². The van der Waals surface area contributed by atoms with E-state index in [0.29, 0.717) is 6.04 Å². The molecule has 2 rings (SSSR count). The predicted molar refractivity (Wildman–Crippen MR) is 71.6 cm³/mol. The van der Waals surface area contributed by atoms with E-state index in [1.807, 2.05) is 37.5 Å². The van der Waals surface area contributed by atoms with Crippen LogP contribution >= 0.6 is 11.3 Å². The Morgan fingerprint density at radius 2 is 2.12 bits per heavy atom. The fraction of sp³-hybridized carbons (Fsp3) is 0.308. The van der Waals surface area contributed by atoms with Crippen LogP contribution < -0.4 is 10.1 Å². The minimum atomic E-state index is 0.330. The van der Waals surface area contributed by atoms with Crippen LogP contribution in [0, 0.1) is 0 Å². The maximum absolute atomic E-state index is 5.35. The van der Waals surface area contributed by atoms with E-state index < -0.39 is 0 Å². The molecule has 0 aliphatic carbocycles. The number of hydrogen-bond donors (Lipinski definition) is 1. The van der Waals surface area contributed by atoms with Gasteiger partial charge in [-0.3, -0.25) is 0 Å². The largest absolute Gasteiger partial charge is 0.496 e. The zero-order valence-corrected chi connectivity index (χ0v) is 11.0. The van der Waals surface area contributed by atoms with Crippen molar-refractivity contribution in [2.45, 2.75) is 13.0 Å². The number of para-hydroxylation sites is 1. The fourth-order valence-corrected chi connectivity index (χ4v) is 2.58. The first-order valence-corrected chi connectivity index (χ1v) is 6.34. The molecule has 1 heterocycles. The molecule has 3 nitrogen and oxygen atoms in total. The molecule has 1 N–H and O–H groups in total. The first kappa shape index (κ1) is 12.1. The number of methoxy groups -OCH3 is 1. The predicted octanol–water partition coefficient (Wildman–Crippen LogP) is 3.10. The lowest BCUT2D eigenvalue weighted by Gasteiger charge is -2.06. The summed E-state index contributed by atoms with van der Waals surface area (Å²) in [6.45, 7) is 2.12. The number of hydrogen-bond acceptors (Lipinski definition) is 4. The first-order valence-electron chi connectivity index (χ1n) is 5.52. The molecule has 0 saturated heterocycles. The van der Waals surface area contributed by atoms with E-state index in [0.717, 1.165) is 16.3 Å². The molecule has 1 aromatic heterocycles. The molecule has 17 heavy (non-hydrogen) atoms. The highest BCUT2D eigenvalue weighted by Crippen LogP contribution is 2.34. The highest BCUT2D eigenvalue weighted by molar-refractivity contribution is 7.15. The Labute approximate surface area is 105 Å². The zero-order valence-electron chi connectivity index (χ0n) is 10.2. The van der Waals surface area contributed by atoms with E-state index in [4.69, 9.17) is 4.74 Å². The van der Waals surface area contributed by atoms with Crippen LogP contribution in [-0.2, 0) is 0 Å². The monoisotopic (exact) mass is 248 g/mol. The smallest absolute Gasteiger partial charge is 0.129 e. The van der Waals surface area contributed by atoms with Gasteiger partial charge in [0.25, 0.3) is 0 Å². The summed E-state index contributed by atoms with van der Waals surface area (Å²) in [7, 11) is 3.64. The van der Waals surface area contributed by atoms with Crippen LogP contribution in [0.2, 0.25) is 0 Å². The lowest BCUT2D eigenvalue weighted by Crippen LogP contribution is -2.10. The number of nitrogens with zero attached hydrogens (tertiary/aromatic N) is 1. The molecule has 4 heteroatoms. The van der Waals surface area contributed by atoms with Crippen LogP contribution in [0.3, 0.4) is 0 Å². The van der Waals surface area contributed by atoms with Crippen LogP contribution in [-0.4, -0.2) is 19.1 Å². The van der Waals surface area contributed by atoms with Gasteiger partial charge < -0.3 is 10.1 Å². The highest BCUT2D eigenvalue weighted by Gasteiger charge is 2.12.